The highest BCUT2D eigenvalue weighted by molar-refractivity contribution is 7.14. The number of nitrogens with one attached hydrogen (secondary N) is 1. The van der Waals surface area contributed by atoms with Crippen molar-refractivity contribution in [2.75, 3.05) is 6.54 Å². The van der Waals surface area contributed by atoms with Gasteiger partial charge in [-0.2, -0.15) is 5.26 Å². The second kappa shape index (κ2) is 6.41. The topological polar surface area (TPSA) is 61.6 Å². The lowest BCUT2D eigenvalue weighted by Gasteiger charge is -2.10. The lowest BCUT2D eigenvalue weighted by atomic mass is 10.2. The number of nitrogens with zero attached hydrogens (tertiary/aromatic N) is 3. The predicted octanol–water partition coefficient (Wildman–Crippen LogP) is 3.14. The Kier molecular flexibility index (Phi) is 4.61. The van der Waals surface area contributed by atoms with Crippen molar-refractivity contribution in [3.8, 4) is 16.6 Å². The van der Waals surface area contributed by atoms with Crippen LogP contribution in [0, 0.1) is 11.3 Å². The van der Waals surface area contributed by atoms with Crippen LogP contribution in [-0.2, 0) is 0 Å². The normalized spacial score (nSPS) is 12.1. The van der Waals surface area contributed by atoms with Crippen molar-refractivity contribution in [2.24, 2.45) is 0 Å². The largest absolute Gasteiger partial charge is 0.308 e. The summed E-state index contributed by atoms with van der Waals surface area (Å²) in [6.45, 7) is 5.14. The van der Waals surface area contributed by atoms with Gasteiger partial charge in [0.2, 0.25) is 0 Å². The Labute approximate surface area is 117 Å². The van der Waals surface area contributed by atoms with Gasteiger partial charge in [0.1, 0.15) is 10.0 Å². The minimum absolute atomic E-state index is 0.273. The highest BCUT2D eigenvalue weighted by Crippen LogP contribution is 2.28. The Bertz CT molecular complexity index is 568. The fourth-order valence-electron chi connectivity index (χ4n) is 1.83. The Balaban J connectivity index is 2.22. The van der Waals surface area contributed by atoms with Crippen molar-refractivity contribution in [1.82, 2.24) is 15.5 Å². The van der Waals surface area contributed by atoms with Crippen molar-refractivity contribution < 1.29 is 0 Å². The molecule has 1 heterocycles. The van der Waals surface area contributed by atoms with E-state index in [1.54, 1.807) is 23.5 Å². The second-order valence-electron chi connectivity index (χ2n) is 4.15. The summed E-state index contributed by atoms with van der Waals surface area (Å²) in [5, 5.41) is 22.6. The van der Waals surface area contributed by atoms with Gasteiger partial charge in [0, 0.05) is 5.56 Å². The van der Waals surface area contributed by atoms with E-state index in [9.17, 15) is 0 Å². The molecule has 4 nitrogen and oxygen atoms in total. The number of aromatic nitrogens is 2. The molecule has 0 spiro atoms. The molecule has 1 aromatic heterocycles. The second-order valence-corrected chi connectivity index (χ2v) is 5.16. The molecule has 0 fully saturated rings. The monoisotopic (exact) mass is 272 g/mol. The van der Waals surface area contributed by atoms with Crippen LogP contribution in [0.25, 0.3) is 10.6 Å². The minimum Gasteiger partial charge on any atom is -0.308 e. The summed E-state index contributed by atoms with van der Waals surface area (Å²) >= 11 is 1.60. The highest BCUT2D eigenvalue weighted by atomic mass is 32.1. The first-order chi connectivity index (χ1) is 9.28. The highest BCUT2D eigenvalue weighted by Gasteiger charge is 2.14. The molecule has 0 saturated heterocycles. The van der Waals surface area contributed by atoms with Gasteiger partial charge in [-0.15, -0.1) is 10.2 Å². The fourth-order valence-corrected chi connectivity index (χ4v) is 2.84. The van der Waals surface area contributed by atoms with Crippen LogP contribution in [0.4, 0.5) is 0 Å². The first kappa shape index (κ1) is 13.7. The molecule has 0 aliphatic rings. The molecular formula is C14H16N4S. The standard InChI is InChI=1S/C14H16N4S/c1-3-12(16-4-2)14-18-17-13(19-14)11-7-5-10(9-15)6-8-11/h5-8,12,16H,3-4H2,1-2H3. The van der Waals surface area contributed by atoms with E-state index in [0.717, 1.165) is 28.5 Å². The van der Waals surface area contributed by atoms with Gasteiger partial charge in [-0.3, -0.25) is 0 Å². The van der Waals surface area contributed by atoms with Crippen molar-refractivity contribution in [3.05, 3.63) is 34.8 Å². The SMILES string of the molecule is CCNC(CC)c1nnc(-c2ccc(C#N)cc2)s1. The molecular weight excluding hydrogens is 256 g/mol. The smallest absolute Gasteiger partial charge is 0.147 e. The maximum absolute atomic E-state index is 8.78. The van der Waals surface area contributed by atoms with Gasteiger partial charge < -0.3 is 5.32 Å². The lowest BCUT2D eigenvalue weighted by Crippen LogP contribution is -2.19. The van der Waals surface area contributed by atoms with E-state index in [4.69, 9.17) is 5.26 Å². The third kappa shape index (κ3) is 3.16. The van der Waals surface area contributed by atoms with Crippen LogP contribution in [-0.4, -0.2) is 16.7 Å². The van der Waals surface area contributed by atoms with Gasteiger partial charge in [-0.05, 0) is 25.1 Å². The summed E-state index contributed by atoms with van der Waals surface area (Å²) in [5.74, 6) is 0. The van der Waals surface area contributed by atoms with E-state index in [1.165, 1.54) is 0 Å². The molecule has 0 bridgehead atoms. The van der Waals surface area contributed by atoms with Gasteiger partial charge in [0.15, 0.2) is 0 Å². The molecule has 19 heavy (non-hydrogen) atoms. The van der Waals surface area contributed by atoms with Crippen LogP contribution in [0.3, 0.4) is 0 Å². The third-order valence-corrected chi connectivity index (χ3v) is 3.94. The summed E-state index contributed by atoms with van der Waals surface area (Å²) in [5.41, 5.74) is 1.67. The average Bonchev–Trinajstić information content (AvgIpc) is 2.94. The van der Waals surface area contributed by atoms with Crippen molar-refractivity contribution >= 4 is 11.3 Å². The average molecular weight is 272 g/mol. The Morgan fingerprint density at radius 2 is 2.00 bits per heavy atom. The van der Waals surface area contributed by atoms with Crippen LogP contribution in [0.1, 0.15) is 36.9 Å². The molecule has 2 aromatic rings. The minimum atomic E-state index is 0.273. The summed E-state index contributed by atoms with van der Waals surface area (Å²) in [6.07, 6.45) is 0.996. The fraction of sp³-hybridized carbons (Fsp3) is 0.357. The number of nitriles is 1. The molecule has 2 rings (SSSR count). The molecule has 1 unspecified atom stereocenters. The van der Waals surface area contributed by atoms with Crippen LogP contribution in [0.15, 0.2) is 24.3 Å². The molecule has 0 saturated carbocycles. The zero-order valence-electron chi connectivity index (χ0n) is 11.1. The van der Waals surface area contributed by atoms with Gasteiger partial charge in [0.25, 0.3) is 0 Å². The van der Waals surface area contributed by atoms with E-state index in [2.05, 4.69) is 35.4 Å². The lowest BCUT2D eigenvalue weighted by molar-refractivity contribution is 0.531. The summed E-state index contributed by atoms with van der Waals surface area (Å²) in [7, 11) is 0. The Morgan fingerprint density at radius 1 is 1.26 bits per heavy atom. The van der Waals surface area contributed by atoms with E-state index in [1.807, 2.05) is 12.1 Å². The van der Waals surface area contributed by atoms with E-state index >= 15 is 0 Å². The Hall–Kier alpha value is -1.77. The zero-order chi connectivity index (χ0) is 13.7. The predicted molar refractivity (Wildman–Crippen MR) is 76.8 cm³/mol. The Morgan fingerprint density at radius 3 is 2.58 bits per heavy atom. The van der Waals surface area contributed by atoms with Crippen molar-refractivity contribution in [2.45, 2.75) is 26.3 Å². The third-order valence-electron chi connectivity index (χ3n) is 2.86. The van der Waals surface area contributed by atoms with Crippen molar-refractivity contribution in [3.63, 3.8) is 0 Å². The van der Waals surface area contributed by atoms with Crippen molar-refractivity contribution in [1.29, 1.82) is 5.26 Å². The van der Waals surface area contributed by atoms with Crippen LogP contribution in [0.5, 0.6) is 0 Å². The maximum atomic E-state index is 8.78. The van der Waals surface area contributed by atoms with Gasteiger partial charge in [0.05, 0.1) is 17.7 Å². The van der Waals surface area contributed by atoms with Crippen LogP contribution < -0.4 is 5.32 Å². The number of hydrogen-bond donors (Lipinski definition) is 1. The number of benzene rings is 1. The van der Waals surface area contributed by atoms with Crippen LogP contribution in [0.2, 0.25) is 0 Å². The van der Waals surface area contributed by atoms with Gasteiger partial charge in [-0.25, -0.2) is 0 Å². The maximum Gasteiger partial charge on any atom is 0.147 e. The zero-order valence-corrected chi connectivity index (χ0v) is 11.9. The molecule has 0 amide bonds. The molecule has 0 radical (unpaired) electrons. The number of hydrogen-bond acceptors (Lipinski definition) is 5. The molecule has 0 aliphatic carbocycles. The number of rotatable bonds is 5. The summed E-state index contributed by atoms with van der Waals surface area (Å²) in [4.78, 5) is 0. The van der Waals surface area contributed by atoms with E-state index in [0.29, 0.717) is 5.56 Å². The molecule has 98 valence electrons. The summed E-state index contributed by atoms with van der Waals surface area (Å²) < 4.78 is 0. The molecule has 1 atom stereocenters. The quantitative estimate of drug-likeness (QED) is 0.908. The van der Waals surface area contributed by atoms with Gasteiger partial charge in [-0.1, -0.05) is 37.3 Å². The molecule has 0 aliphatic heterocycles. The first-order valence-electron chi connectivity index (χ1n) is 6.35. The van der Waals surface area contributed by atoms with E-state index in [-0.39, 0.29) is 6.04 Å². The van der Waals surface area contributed by atoms with Gasteiger partial charge >= 0.3 is 0 Å². The van der Waals surface area contributed by atoms with Crippen LogP contribution >= 0.6 is 11.3 Å². The van der Waals surface area contributed by atoms with E-state index < -0.39 is 0 Å². The summed E-state index contributed by atoms with van der Waals surface area (Å²) in [6, 6.07) is 9.82. The molecule has 1 aromatic carbocycles. The first-order valence-corrected chi connectivity index (χ1v) is 7.17. The molecule has 1 N–H and O–H groups in total. The molecule has 5 heteroatoms.